The molecule has 17 heavy (non-hydrogen) atoms. The van der Waals surface area contributed by atoms with Gasteiger partial charge in [0, 0.05) is 13.1 Å². The molecular weight excluding hydrogens is 222 g/mol. The van der Waals surface area contributed by atoms with Crippen LogP contribution >= 0.6 is 0 Å². The highest BCUT2D eigenvalue weighted by Gasteiger charge is 2.17. The van der Waals surface area contributed by atoms with Crippen LogP contribution in [0.5, 0.6) is 5.88 Å². The molecule has 0 spiro atoms. The molecule has 1 rings (SSSR count). The van der Waals surface area contributed by atoms with E-state index in [1.54, 1.807) is 13.1 Å². The second-order valence-corrected chi connectivity index (χ2v) is 4.06. The molecule has 0 amide bonds. The molecule has 1 aromatic heterocycles. The van der Waals surface area contributed by atoms with Crippen molar-refractivity contribution in [2.75, 3.05) is 19.0 Å². The van der Waals surface area contributed by atoms with Crippen LogP contribution in [0.2, 0.25) is 0 Å². The van der Waals surface area contributed by atoms with Crippen LogP contribution in [0.25, 0.3) is 0 Å². The number of ether oxygens (including phenoxy) is 1. The molecule has 0 radical (unpaired) electrons. The summed E-state index contributed by atoms with van der Waals surface area (Å²) in [4.78, 5) is 14.3. The molecule has 0 unspecified atom stereocenters. The number of hydrogen-bond acceptors (Lipinski definition) is 5. The highest BCUT2D eigenvalue weighted by molar-refractivity contribution is 5.48. The topological polar surface area (TPSA) is 77.3 Å². The zero-order chi connectivity index (χ0) is 12.8. The Bertz CT molecular complexity index is 394. The monoisotopic (exact) mass is 239 g/mol. The van der Waals surface area contributed by atoms with Crippen LogP contribution in [0.15, 0.2) is 12.1 Å². The number of pyridine rings is 1. The van der Waals surface area contributed by atoms with Crippen molar-refractivity contribution in [3.05, 3.63) is 22.2 Å². The number of nitrogens with zero attached hydrogens (tertiary/aromatic N) is 2. The van der Waals surface area contributed by atoms with Gasteiger partial charge in [0.05, 0.1) is 11.5 Å². The number of rotatable bonds is 6. The number of nitrogens with one attached hydrogen (secondary N) is 1. The third-order valence-electron chi connectivity index (χ3n) is 2.23. The summed E-state index contributed by atoms with van der Waals surface area (Å²) in [7, 11) is 1.70. The van der Waals surface area contributed by atoms with Gasteiger partial charge in [-0.15, -0.1) is 0 Å². The molecule has 0 atom stereocenters. The van der Waals surface area contributed by atoms with Crippen LogP contribution < -0.4 is 10.1 Å². The fourth-order valence-corrected chi connectivity index (χ4v) is 1.21. The second-order valence-electron chi connectivity index (χ2n) is 4.06. The van der Waals surface area contributed by atoms with E-state index in [-0.39, 0.29) is 11.6 Å². The maximum atomic E-state index is 10.8. The molecule has 1 N–H and O–H groups in total. The van der Waals surface area contributed by atoms with E-state index >= 15 is 0 Å². The quantitative estimate of drug-likeness (QED) is 0.609. The Labute approximate surface area is 100 Å². The van der Waals surface area contributed by atoms with Crippen molar-refractivity contribution in [1.29, 1.82) is 0 Å². The molecule has 1 heterocycles. The summed E-state index contributed by atoms with van der Waals surface area (Å²) in [6.07, 6.45) is 0.836. The zero-order valence-corrected chi connectivity index (χ0v) is 10.3. The van der Waals surface area contributed by atoms with Crippen LogP contribution in [0.4, 0.5) is 11.5 Å². The van der Waals surface area contributed by atoms with E-state index in [1.165, 1.54) is 6.07 Å². The maximum Gasteiger partial charge on any atom is 0.331 e. The largest absolute Gasteiger partial charge is 0.473 e. The lowest BCUT2D eigenvalue weighted by atomic mass is 10.1. The highest BCUT2D eigenvalue weighted by Crippen LogP contribution is 2.26. The zero-order valence-electron chi connectivity index (χ0n) is 10.3. The predicted molar refractivity (Wildman–Crippen MR) is 65.4 cm³/mol. The summed E-state index contributed by atoms with van der Waals surface area (Å²) < 4.78 is 5.36. The molecule has 0 aliphatic carbocycles. The highest BCUT2D eigenvalue weighted by atomic mass is 16.6. The lowest BCUT2D eigenvalue weighted by molar-refractivity contribution is -0.386. The van der Waals surface area contributed by atoms with Crippen LogP contribution in [-0.2, 0) is 0 Å². The van der Waals surface area contributed by atoms with Crippen LogP contribution in [0.1, 0.15) is 20.3 Å². The summed E-state index contributed by atoms with van der Waals surface area (Å²) in [5.74, 6) is 1.11. The number of nitro groups is 1. The van der Waals surface area contributed by atoms with Gasteiger partial charge in [0.15, 0.2) is 0 Å². The van der Waals surface area contributed by atoms with Crippen molar-refractivity contribution in [2.45, 2.75) is 20.3 Å². The van der Waals surface area contributed by atoms with Crippen molar-refractivity contribution in [3.8, 4) is 5.88 Å². The van der Waals surface area contributed by atoms with E-state index in [4.69, 9.17) is 4.74 Å². The number of hydrogen-bond donors (Lipinski definition) is 1. The molecule has 0 bridgehead atoms. The third kappa shape index (κ3) is 3.90. The van der Waals surface area contributed by atoms with E-state index in [2.05, 4.69) is 24.1 Å². The van der Waals surface area contributed by atoms with Gasteiger partial charge in [-0.2, -0.15) is 4.98 Å². The maximum absolute atomic E-state index is 10.8. The summed E-state index contributed by atoms with van der Waals surface area (Å²) >= 11 is 0. The normalized spacial score (nSPS) is 10.4. The minimum absolute atomic E-state index is 0.0718. The summed E-state index contributed by atoms with van der Waals surface area (Å²) in [5, 5.41) is 13.6. The lowest BCUT2D eigenvalue weighted by Gasteiger charge is -2.08. The average molecular weight is 239 g/mol. The second kappa shape index (κ2) is 6.03. The Balaban J connectivity index is 2.82. The smallest absolute Gasteiger partial charge is 0.331 e. The average Bonchev–Trinajstić information content (AvgIpc) is 2.28. The van der Waals surface area contributed by atoms with E-state index in [0.29, 0.717) is 18.3 Å². The SMILES string of the molecule is CNc1ccc([N+](=O)[O-])c(OCCC(C)C)n1. The summed E-state index contributed by atoms with van der Waals surface area (Å²) in [6, 6.07) is 2.94. The minimum Gasteiger partial charge on any atom is -0.473 e. The van der Waals surface area contributed by atoms with E-state index in [1.807, 2.05) is 0 Å². The van der Waals surface area contributed by atoms with Gasteiger partial charge in [0.1, 0.15) is 5.82 Å². The van der Waals surface area contributed by atoms with Crippen molar-refractivity contribution in [2.24, 2.45) is 5.92 Å². The van der Waals surface area contributed by atoms with Crippen molar-refractivity contribution < 1.29 is 9.66 Å². The Kier molecular flexibility index (Phi) is 4.68. The van der Waals surface area contributed by atoms with Gasteiger partial charge in [-0.1, -0.05) is 13.8 Å². The first-order valence-corrected chi connectivity index (χ1v) is 5.50. The van der Waals surface area contributed by atoms with Gasteiger partial charge in [-0.3, -0.25) is 10.1 Å². The first-order valence-electron chi connectivity index (χ1n) is 5.50. The van der Waals surface area contributed by atoms with Gasteiger partial charge in [0.2, 0.25) is 0 Å². The number of anilines is 1. The molecule has 1 aromatic rings. The standard InChI is InChI=1S/C11H17N3O3/c1-8(2)6-7-17-11-9(14(15)16)4-5-10(12-3)13-11/h4-5,8H,6-7H2,1-3H3,(H,12,13). The summed E-state index contributed by atoms with van der Waals surface area (Å²) in [6.45, 7) is 4.56. The fourth-order valence-electron chi connectivity index (χ4n) is 1.21. The molecule has 0 saturated carbocycles. The molecule has 0 aromatic carbocycles. The lowest BCUT2D eigenvalue weighted by Crippen LogP contribution is -2.06. The van der Waals surface area contributed by atoms with Gasteiger partial charge in [-0.25, -0.2) is 0 Å². The first-order chi connectivity index (χ1) is 8.04. The van der Waals surface area contributed by atoms with Gasteiger partial charge in [0.25, 0.3) is 5.88 Å². The van der Waals surface area contributed by atoms with Gasteiger partial charge >= 0.3 is 5.69 Å². The molecule has 0 aliphatic rings. The van der Waals surface area contributed by atoms with Crippen molar-refractivity contribution >= 4 is 11.5 Å². The van der Waals surface area contributed by atoms with Crippen LogP contribution in [0.3, 0.4) is 0 Å². The van der Waals surface area contributed by atoms with Crippen LogP contribution in [-0.4, -0.2) is 23.6 Å². The predicted octanol–water partition coefficient (Wildman–Crippen LogP) is 2.46. The van der Waals surface area contributed by atoms with Gasteiger partial charge in [-0.05, 0) is 18.4 Å². The molecule has 94 valence electrons. The fraction of sp³-hybridized carbons (Fsp3) is 0.545. The Hall–Kier alpha value is -1.85. The van der Waals surface area contributed by atoms with Crippen LogP contribution in [0, 0.1) is 16.0 Å². The Morgan fingerprint density at radius 3 is 2.76 bits per heavy atom. The van der Waals surface area contributed by atoms with Crippen molar-refractivity contribution in [1.82, 2.24) is 4.98 Å². The first kappa shape index (κ1) is 13.2. The summed E-state index contributed by atoms with van der Waals surface area (Å²) in [5.41, 5.74) is -0.104. The van der Waals surface area contributed by atoms with Gasteiger partial charge < -0.3 is 10.1 Å². The van der Waals surface area contributed by atoms with E-state index < -0.39 is 4.92 Å². The Morgan fingerprint density at radius 1 is 1.53 bits per heavy atom. The Morgan fingerprint density at radius 2 is 2.24 bits per heavy atom. The third-order valence-corrected chi connectivity index (χ3v) is 2.23. The molecule has 0 aliphatic heterocycles. The molecule has 6 nitrogen and oxygen atoms in total. The number of aromatic nitrogens is 1. The molecule has 6 heteroatoms. The molecule has 0 fully saturated rings. The minimum atomic E-state index is -0.489. The molecular formula is C11H17N3O3. The van der Waals surface area contributed by atoms with E-state index in [9.17, 15) is 10.1 Å². The van der Waals surface area contributed by atoms with E-state index in [0.717, 1.165) is 6.42 Å². The van der Waals surface area contributed by atoms with Crippen molar-refractivity contribution in [3.63, 3.8) is 0 Å². The molecule has 0 saturated heterocycles.